The molecule has 5 heteroatoms. The first-order chi connectivity index (χ1) is 10.1. The van der Waals surface area contributed by atoms with Crippen LogP contribution in [-0.2, 0) is 13.2 Å². The number of carbonyl (C=O) groups excluding carboxylic acids is 1. The molecular weight excluding hydrogens is 268 g/mol. The smallest absolute Gasteiger partial charge is 0.248 e. The molecule has 4 N–H and O–H groups in total. The maximum absolute atomic E-state index is 11.0. The third kappa shape index (κ3) is 3.73. The Bertz CT molecular complexity index is 624. The lowest BCUT2D eigenvalue weighted by Gasteiger charge is -2.10. The molecule has 5 nitrogen and oxygen atoms in total. The van der Waals surface area contributed by atoms with Crippen LogP contribution in [0.15, 0.2) is 42.5 Å². The molecule has 0 aliphatic carbocycles. The molecule has 0 bridgehead atoms. The molecule has 0 radical (unpaired) electrons. The van der Waals surface area contributed by atoms with Crippen LogP contribution in [0.1, 0.15) is 21.5 Å². The summed E-state index contributed by atoms with van der Waals surface area (Å²) in [5.74, 6) is 0.966. The fourth-order valence-corrected chi connectivity index (χ4v) is 1.93. The van der Waals surface area contributed by atoms with Gasteiger partial charge in [-0.1, -0.05) is 12.1 Å². The van der Waals surface area contributed by atoms with Crippen LogP contribution < -0.4 is 20.9 Å². The molecule has 110 valence electrons. The number of hydrogen-bond donors (Lipinski definition) is 2. The molecule has 2 rings (SSSR count). The zero-order valence-corrected chi connectivity index (χ0v) is 11.8. The van der Waals surface area contributed by atoms with Gasteiger partial charge in [-0.3, -0.25) is 4.79 Å². The Morgan fingerprint density at radius 2 is 1.86 bits per heavy atom. The van der Waals surface area contributed by atoms with E-state index in [9.17, 15) is 4.79 Å². The van der Waals surface area contributed by atoms with Gasteiger partial charge in [-0.15, -0.1) is 0 Å². The number of amides is 1. The highest BCUT2D eigenvalue weighted by molar-refractivity contribution is 5.92. The van der Waals surface area contributed by atoms with Crippen LogP contribution in [0.5, 0.6) is 11.5 Å². The monoisotopic (exact) mass is 286 g/mol. The zero-order chi connectivity index (χ0) is 15.2. The van der Waals surface area contributed by atoms with Gasteiger partial charge in [0.2, 0.25) is 5.91 Å². The number of carbonyl (C=O) groups is 1. The van der Waals surface area contributed by atoms with Crippen LogP contribution in [-0.4, -0.2) is 13.0 Å². The third-order valence-corrected chi connectivity index (χ3v) is 3.12. The normalized spacial score (nSPS) is 10.2. The summed E-state index contributed by atoms with van der Waals surface area (Å²) in [7, 11) is 1.61. The molecule has 0 spiro atoms. The Hall–Kier alpha value is -2.53. The van der Waals surface area contributed by atoms with Gasteiger partial charge in [0.05, 0.1) is 7.11 Å². The van der Waals surface area contributed by atoms with E-state index in [-0.39, 0.29) is 0 Å². The predicted octanol–water partition coefficient (Wildman–Crippen LogP) is 1.83. The lowest BCUT2D eigenvalue weighted by Crippen LogP contribution is -2.10. The maximum Gasteiger partial charge on any atom is 0.248 e. The summed E-state index contributed by atoms with van der Waals surface area (Å²) in [6.45, 7) is 0.829. The average molecular weight is 286 g/mol. The maximum atomic E-state index is 11.0. The van der Waals surface area contributed by atoms with E-state index in [1.54, 1.807) is 31.4 Å². The molecule has 0 aliphatic heterocycles. The molecule has 0 unspecified atom stereocenters. The standard InChI is InChI=1S/C16H18N2O3/c1-20-15-8-11(2-3-13(15)9-17)10-21-14-6-4-12(5-7-14)16(18)19/h2-8H,9-10,17H2,1H3,(H2,18,19). The van der Waals surface area contributed by atoms with Crippen molar-refractivity contribution in [3.8, 4) is 11.5 Å². The molecule has 0 atom stereocenters. The molecule has 0 aromatic heterocycles. The van der Waals surface area contributed by atoms with E-state index in [0.29, 0.717) is 24.5 Å². The van der Waals surface area contributed by atoms with Crippen molar-refractivity contribution >= 4 is 5.91 Å². The van der Waals surface area contributed by atoms with E-state index in [2.05, 4.69) is 0 Å². The second-order valence-electron chi connectivity index (χ2n) is 4.53. The molecule has 21 heavy (non-hydrogen) atoms. The highest BCUT2D eigenvalue weighted by Crippen LogP contribution is 2.21. The molecular formula is C16H18N2O3. The van der Waals surface area contributed by atoms with Crippen LogP contribution in [0, 0.1) is 0 Å². The van der Waals surface area contributed by atoms with Crippen LogP contribution in [0.4, 0.5) is 0 Å². The molecule has 0 saturated heterocycles. The largest absolute Gasteiger partial charge is 0.496 e. The number of nitrogens with two attached hydrogens (primary N) is 2. The highest BCUT2D eigenvalue weighted by Gasteiger charge is 2.04. The van der Waals surface area contributed by atoms with E-state index < -0.39 is 5.91 Å². The summed E-state index contributed by atoms with van der Waals surface area (Å²) in [4.78, 5) is 11.0. The second-order valence-corrected chi connectivity index (χ2v) is 4.53. The van der Waals surface area contributed by atoms with E-state index in [0.717, 1.165) is 16.9 Å². The lowest BCUT2D eigenvalue weighted by atomic mass is 10.1. The number of benzene rings is 2. The SMILES string of the molecule is COc1cc(COc2ccc(C(N)=O)cc2)ccc1CN. The van der Waals surface area contributed by atoms with Crippen LogP contribution in [0.2, 0.25) is 0 Å². The minimum atomic E-state index is -0.455. The molecule has 1 amide bonds. The summed E-state index contributed by atoms with van der Waals surface area (Å²) in [6, 6.07) is 12.5. The van der Waals surface area contributed by atoms with Gasteiger partial charge in [-0.25, -0.2) is 0 Å². The number of methoxy groups -OCH3 is 1. The van der Waals surface area contributed by atoms with Crippen LogP contribution >= 0.6 is 0 Å². The summed E-state index contributed by atoms with van der Waals surface area (Å²) in [5, 5.41) is 0. The molecule has 2 aromatic carbocycles. The van der Waals surface area contributed by atoms with Crippen molar-refractivity contribution < 1.29 is 14.3 Å². The van der Waals surface area contributed by atoms with Gasteiger partial charge in [0.25, 0.3) is 0 Å². The summed E-state index contributed by atoms with van der Waals surface area (Å²) in [6.07, 6.45) is 0. The fourth-order valence-electron chi connectivity index (χ4n) is 1.93. The van der Waals surface area contributed by atoms with Gasteiger partial charge in [-0.05, 0) is 35.9 Å². The quantitative estimate of drug-likeness (QED) is 0.848. The Labute approximate surface area is 123 Å². The van der Waals surface area contributed by atoms with E-state index in [1.807, 2.05) is 18.2 Å². The van der Waals surface area contributed by atoms with E-state index in [4.69, 9.17) is 20.9 Å². The first-order valence-electron chi connectivity index (χ1n) is 6.52. The first kappa shape index (κ1) is 14.9. The van der Waals surface area contributed by atoms with Crippen molar-refractivity contribution in [2.45, 2.75) is 13.2 Å². The van der Waals surface area contributed by atoms with Gasteiger partial charge in [-0.2, -0.15) is 0 Å². The summed E-state index contributed by atoms with van der Waals surface area (Å²) >= 11 is 0. The molecule has 0 saturated carbocycles. The van der Waals surface area contributed by atoms with Crippen molar-refractivity contribution in [3.05, 3.63) is 59.2 Å². The van der Waals surface area contributed by atoms with Crippen molar-refractivity contribution in [2.24, 2.45) is 11.5 Å². The average Bonchev–Trinajstić information content (AvgIpc) is 2.52. The van der Waals surface area contributed by atoms with Crippen molar-refractivity contribution in [2.75, 3.05) is 7.11 Å². The summed E-state index contributed by atoms with van der Waals surface area (Å²) in [5.41, 5.74) is 13.2. The van der Waals surface area contributed by atoms with Gasteiger partial charge in [0.15, 0.2) is 0 Å². The zero-order valence-electron chi connectivity index (χ0n) is 11.8. The number of ether oxygens (including phenoxy) is 2. The topological polar surface area (TPSA) is 87.6 Å². The summed E-state index contributed by atoms with van der Waals surface area (Å²) < 4.78 is 10.9. The van der Waals surface area contributed by atoms with Crippen LogP contribution in [0.25, 0.3) is 0 Å². The van der Waals surface area contributed by atoms with E-state index in [1.165, 1.54) is 0 Å². The van der Waals surface area contributed by atoms with Crippen molar-refractivity contribution in [1.29, 1.82) is 0 Å². The van der Waals surface area contributed by atoms with Gasteiger partial charge >= 0.3 is 0 Å². The Morgan fingerprint density at radius 1 is 1.14 bits per heavy atom. The highest BCUT2D eigenvalue weighted by atomic mass is 16.5. The minimum absolute atomic E-state index is 0.400. The Kier molecular flexibility index (Phi) is 4.79. The minimum Gasteiger partial charge on any atom is -0.496 e. The van der Waals surface area contributed by atoms with E-state index >= 15 is 0 Å². The van der Waals surface area contributed by atoms with Crippen LogP contribution in [0.3, 0.4) is 0 Å². The number of rotatable bonds is 6. The van der Waals surface area contributed by atoms with Crippen molar-refractivity contribution in [1.82, 2.24) is 0 Å². The molecule has 0 aliphatic rings. The van der Waals surface area contributed by atoms with Gasteiger partial charge < -0.3 is 20.9 Å². The fraction of sp³-hybridized carbons (Fsp3) is 0.188. The number of hydrogen-bond acceptors (Lipinski definition) is 4. The number of primary amides is 1. The molecule has 0 fully saturated rings. The first-order valence-corrected chi connectivity index (χ1v) is 6.52. The Morgan fingerprint density at radius 3 is 2.43 bits per heavy atom. The third-order valence-electron chi connectivity index (χ3n) is 3.12. The van der Waals surface area contributed by atoms with Gasteiger partial charge in [0.1, 0.15) is 18.1 Å². The molecule has 0 heterocycles. The molecule has 2 aromatic rings. The predicted molar refractivity (Wildman–Crippen MR) is 80.2 cm³/mol. The Balaban J connectivity index is 2.04. The second kappa shape index (κ2) is 6.76. The lowest BCUT2D eigenvalue weighted by molar-refractivity contribution is 0.1000. The van der Waals surface area contributed by atoms with Crippen molar-refractivity contribution in [3.63, 3.8) is 0 Å². The van der Waals surface area contributed by atoms with Gasteiger partial charge in [0, 0.05) is 17.7 Å².